The van der Waals surface area contributed by atoms with Gasteiger partial charge in [-0.2, -0.15) is 0 Å². The maximum atomic E-state index is 13.3. The van der Waals surface area contributed by atoms with Crippen LogP contribution in [0.15, 0.2) is 57.7 Å². The van der Waals surface area contributed by atoms with Crippen LogP contribution in [0.3, 0.4) is 0 Å². The summed E-state index contributed by atoms with van der Waals surface area (Å²) in [4.78, 5) is 25.6. The smallest absolute Gasteiger partial charge is 0.338 e. The SMILES string of the molecule is CCCCCCCCCCCCCCCCCCOC(=O)c1ccccc1-c1c2cc(Cl)c(=O)cc-2oc2cc(O)c(Cl)cc12. The molecule has 0 atom stereocenters. The first-order chi connectivity index (χ1) is 21.9. The Bertz CT molecular complexity index is 1560. The first-order valence-corrected chi connectivity index (χ1v) is 17.5. The van der Waals surface area contributed by atoms with Crippen LogP contribution in [-0.2, 0) is 4.74 Å². The minimum absolute atomic E-state index is 0.0340. The highest BCUT2D eigenvalue weighted by Crippen LogP contribution is 2.44. The summed E-state index contributed by atoms with van der Waals surface area (Å²) in [6.45, 7) is 2.62. The number of halogens is 2. The Morgan fingerprint density at radius 3 is 1.93 bits per heavy atom. The van der Waals surface area contributed by atoms with Gasteiger partial charge in [-0.1, -0.05) is 145 Å². The average molecular weight is 654 g/mol. The molecule has 1 aliphatic heterocycles. The number of carbonyl (C=O) groups is 1. The van der Waals surface area contributed by atoms with Crippen molar-refractivity contribution < 1.29 is 19.1 Å². The molecule has 0 aromatic heterocycles. The van der Waals surface area contributed by atoms with Crippen LogP contribution >= 0.6 is 23.2 Å². The van der Waals surface area contributed by atoms with E-state index in [2.05, 4.69) is 6.92 Å². The van der Waals surface area contributed by atoms with E-state index in [1.54, 1.807) is 18.2 Å². The van der Waals surface area contributed by atoms with Crippen molar-refractivity contribution in [2.45, 2.75) is 110 Å². The number of aromatic hydroxyl groups is 1. The Hall–Kier alpha value is -3.02. The van der Waals surface area contributed by atoms with E-state index >= 15 is 0 Å². The zero-order chi connectivity index (χ0) is 32.0. The molecule has 1 aliphatic carbocycles. The third kappa shape index (κ3) is 9.98. The molecule has 0 saturated heterocycles. The molecule has 1 N–H and O–H groups in total. The van der Waals surface area contributed by atoms with Gasteiger partial charge >= 0.3 is 5.97 Å². The largest absolute Gasteiger partial charge is 0.506 e. The summed E-state index contributed by atoms with van der Waals surface area (Å²) in [6.07, 6.45) is 20.6. The maximum absolute atomic E-state index is 13.3. The van der Waals surface area contributed by atoms with Gasteiger partial charge in [0.25, 0.3) is 0 Å². The number of benzene rings is 3. The van der Waals surface area contributed by atoms with Crippen LogP contribution in [-0.4, -0.2) is 17.7 Å². The lowest BCUT2D eigenvalue weighted by Gasteiger charge is -2.18. The second-order valence-electron chi connectivity index (χ2n) is 12.0. The Morgan fingerprint density at radius 1 is 0.733 bits per heavy atom. The lowest BCUT2D eigenvalue weighted by atomic mass is 9.91. The number of esters is 1. The molecule has 0 spiro atoms. The third-order valence-corrected chi connectivity index (χ3v) is 9.09. The molecule has 0 amide bonds. The van der Waals surface area contributed by atoms with Crippen LogP contribution in [0, 0.1) is 0 Å². The number of fused-ring (bicyclic) bond motifs is 2. The van der Waals surface area contributed by atoms with E-state index in [1.165, 1.54) is 102 Å². The molecule has 0 saturated carbocycles. The third-order valence-electron chi connectivity index (χ3n) is 8.49. The normalized spacial score (nSPS) is 11.4. The molecule has 2 aromatic rings. The fourth-order valence-corrected chi connectivity index (χ4v) is 6.29. The minimum atomic E-state index is -0.426. The van der Waals surface area contributed by atoms with Gasteiger partial charge in [0.05, 0.1) is 22.2 Å². The van der Waals surface area contributed by atoms with Gasteiger partial charge < -0.3 is 14.3 Å². The van der Waals surface area contributed by atoms with Gasteiger partial charge in [-0.3, -0.25) is 4.79 Å². The highest BCUT2D eigenvalue weighted by molar-refractivity contribution is 6.33. The van der Waals surface area contributed by atoms with Crippen LogP contribution in [0.2, 0.25) is 10.0 Å². The number of carbonyl (C=O) groups excluding carboxylic acids is 1. The molecule has 0 bridgehead atoms. The molecule has 45 heavy (non-hydrogen) atoms. The number of unbranched alkanes of at least 4 members (excludes halogenated alkanes) is 15. The summed E-state index contributed by atoms with van der Waals surface area (Å²) in [5.41, 5.74) is 2.07. The molecule has 0 radical (unpaired) electrons. The van der Waals surface area contributed by atoms with Gasteiger partial charge in [0.2, 0.25) is 5.43 Å². The highest BCUT2D eigenvalue weighted by Gasteiger charge is 2.24. The van der Waals surface area contributed by atoms with Crippen molar-refractivity contribution in [2.24, 2.45) is 0 Å². The molecule has 0 unspecified atom stereocenters. The maximum Gasteiger partial charge on any atom is 0.338 e. The number of hydrogen-bond acceptors (Lipinski definition) is 5. The van der Waals surface area contributed by atoms with Crippen molar-refractivity contribution in [3.63, 3.8) is 0 Å². The van der Waals surface area contributed by atoms with E-state index in [4.69, 9.17) is 32.4 Å². The van der Waals surface area contributed by atoms with Crippen molar-refractivity contribution in [2.75, 3.05) is 6.61 Å². The first kappa shape index (κ1) is 34.8. The molecule has 4 rings (SSSR count). The lowest BCUT2D eigenvalue weighted by Crippen LogP contribution is -2.09. The van der Waals surface area contributed by atoms with Crippen LogP contribution in [0.25, 0.3) is 33.4 Å². The fourth-order valence-electron chi connectivity index (χ4n) is 5.96. The van der Waals surface area contributed by atoms with E-state index in [1.807, 2.05) is 12.1 Å². The van der Waals surface area contributed by atoms with E-state index in [0.29, 0.717) is 39.8 Å². The highest BCUT2D eigenvalue weighted by atomic mass is 35.5. The average Bonchev–Trinajstić information content (AvgIpc) is 3.03. The summed E-state index contributed by atoms with van der Waals surface area (Å²) in [5, 5.41) is 11.0. The van der Waals surface area contributed by atoms with Gasteiger partial charge in [0, 0.05) is 28.6 Å². The summed E-state index contributed by atoms with van der Waals surface area (Å²) < 4.78 is 11.7. The number of rotatable bonds is 19. The second-order valence-corrected chi connectivity index (χ2v) is 12.9. The van der Waals surface area contributed by atoms with E-state index in [-0.39, 0.29) is 27.0 Å². The molecule has 2 aliphatic rings. The van der Waals surface area contributed by atoms with Gasteiger partial charge in [-0.05, 0) is 30.2 Å². The van der Waals surface area contributed by atoms with Gasteiger partial charge in [-0.15, -0.1) is 0 Å². The zero-order valence-electron chi connectivity index (χ0n) is 26.5. The number of phenolic OH excluding ortho intramolecular Hbond substituents is 1. The van der Waals surface area contributed by atoms with Gasteiger partial charge in [0.1, 0.15) is 17.1 Å². The second kappa shape index (κ2) is 18.2. The Morgan fingerprint density at radius 2 is 1.31 bits per heavy atom. The predicted octanol–water partition coefficient (Wildman–Crippen LogP) is 12.0. The Balaban J connectivity index is 1.27. The summed E-state index contributed by atoms with van der Waals surface area (Å²) in [7, 11) is 0. The molecule has 2 aromatic carbocycles. The van der Waals surface area contributed by atoms with Crippen molar-refractivity contribution >= 4 is 40.1 Å². The standard InChI is InChI=1S/C38H46Cl2O5/c1-2-3-4-5-6-7-8-9-10-11-12-13-14-15-16-19-22-44-38(43)28-21-18-17-20-27(28)37-29-23-31(39)33(41)25-35(29)45-36-26-34(42)32(40)24-30(36)37/h17-18,20-21,23-26,41H,2-16,19,22H2,1H3. The minimum Gasteiger partial charge on any atom is -0.506 e. The van der Waals surface area contributed by atoms with Gasteiger partial charge in [0.15, 0.2) is 0 Å². The number of hydrogen-bond donors (Lipinski definition) is 1. The molecule has 7 heteroatoms. The molecule has 1 heterocycles. The lowest BCUT2D eigenvalue weighted by molar-refractivity contribution is 0.0498. The van der Waals surface area contributed by atoms with Crippen LogP contribution in [0.1, 0.15) is 120 Å². The Labute approximate surface area is 277 Å². The van der Waals surface area contributed by atoms with Crippen LogP contribution < -0.4 is 5.43 Å². The predicted molar refractivity (Wildman–Crippen MR) is 186 cm³/mol. The number of phenols is 1. The summed E-state index contributed by atoms with van der Waals surface area (Å²) in [5.74, 6) is -0.295. The van der Waals surface area contributed by atoms with E-state index in [9.17, 15) is 14.7 Å². The topological polar surface area (TPSA) is 76.7 Å². The van der Waals surface area contributed by atoms with Gasteiger partial charge in [-0.25, -0.2) is 4.79 Å². The van der Waals surface area contributed by atoms with E-state index < -0.39 is 5.97 Å². The quantitative estimate of drug-likeness (QED) is 0.0619. The molecular formula is C38H46Cl2O5. The monoisotopic (exact) mass is 652 g/mol. The van der Waals surface area contributed by atoms with Crippen LogP contribution in [0.5, 0.6) is 5.75 Å². The summed E-state index contributed by atoms with van der Waals surface area (Å²) >= 11 is 12.5. The number of ether oxygens (including phenoxy) is 1. The van der Waals surface area contributed by atoms with Crippen LogP contribution in [0.4, 0.5) is 0 Å². The van der Waals surface area contributed by atoms with Crippen molar-refractivity contribution in [3.8, 4) is 28.2 Å². The molecule has 242 valence electrons. The fraction of sp³-hybridized carbons (Fsp3) is 0.474. The first-order valence-electron chi connectivity index (χ1n) is 16.8. The summed E-state index contributed by atoms with van der Waals surface area (Å²) in [6, 6.07) is 13.0. The van der Waals surface area contributed by atoms with Crippen molar-refractivity contribution in [1.29, 1.82) is 0 Å². The Kier molecular flexibility index (Phi) is 14.1. The molecule has 0 fully saturated rings. The molecule has 5 nitrogen and oxygen atoms in total. The van der Waals surface area contributed by atoms with Crippen molar-refractivity contribution in [3.05, 3.63) is 74.4 Å². The van der Waals surface area contributed by atoms with E-state index in [0.717, 1.165) is 19.3 Å². The molecular weight excluding hydrogens is 607 g/mol. The zero-order valence-corrected chi connectivity index (χ0v) is 28.0. The van der Waals surface area contributed by atoms with Crippen molar-refractivity contribution in [1.82, 2.24) is 0 Å².